The smallest absolute Gasteiger partial charge is 0.263 e. The van der Waals surface area contributed by atoms with Gasteiger partial charge in [0.25, 0.3) is 5.56 Å². The molecule has 1 amide bonds. The molecule has 0 bridgehead atoms. The molecule has 30 heavy (non-hydrogen) atoms. The van der Waals surface area contributed by atoms with Gasteiger partial charge in [0.05, 0.1) is 5.39 Å². The SMILES string of the molecule is CCN(C(=O)Cn1cnc2nc3c(cc2c1=O)CCCC3)c1ccc(C(C)C)cc1. The number of amides is 1. The summed E-state index contributed by atoms with van der Waals surface area (Å²) in [6.07, 6.45) is 5.58. The Hall–Kier alpha value is -3.02. The minimum atomic E-state index is -0.208. The van der Waals surface area contributed by atoms with Gasteiger partial charge in [-0.05, 0) is 67.9 Å². The molecule has 0 N–H and O–H groups in total. The predicted octanol–water partition coefficient (Wildman–Crippen LogP) is 3.85. The van der Waals surface area contributed by atoms with Crippen molar-refractivity contribution in [2.45, 2.75) is 58.9 Å². The van der Waals surface area contributed by atoms with Gasteiger partial charge in [-0.3, -0.25) is 14.2 Å². The van der Waals surface area contributed by atoms with E-state index in [1.807, 2.05) is 25.1 Å². The van der Waals surface area contributed by atoms with Crippen LogP contribution in [0.2, 0.25) is 0 Å². The van der Waals surface area contributed by atoms with Gasteiger partial charge in [-0.25, -0.2) is 9.97 Å². The molecule has 0 atom stereocenters. The number of anilines is 1. The third-order valence-electron chi connectivity index (χ3n) is 5.89. The number of carbonyl (C=O) groups is 1. The minimum Gasteiger partial charge on any atom is -0.311 e. The summed E-state index contributed by atoms with van der Waals surface area (Å²) in [5.41, 5.74) is 4.52. The maximum Gasteiger partial charge on any atom is 0.263 e. The molecule has 4 rings (SSSR count). The highest BCUT2D eigenvalue weighted by molar-refractivity contribution is 5.93. The lowest BCUT2D eigenvalue weighted by Gasteiger charge is -2.22. The number of hydrogen-bond acceptors (Lipinski definition) is 4. The van der Waals surface area contributed by atoms with Crippen LogP contribution in [-0.4, -0.2) is 27.0 Å². The molecule has 2 aromatic heterocycles. The average molecular weight is 405 g/mol. The van der Waals surface area contributed by atoms with Crippen molar-refractivity contribution >= 4 is 22.6 Å². The lowest BCUT2D eigenvalue weighted by atomic mass is 9.95. The van der Waals surface area contributed by atoms with E-state index in [1.165, 1.54) is 16.5 Å². The zero-order valence-corrected chi connectivity index (χ0v) is 17.9. The zero-order chi connectivity index (χ0) is 21.3. The maximum absolute atomic E-state index is 13.0. The first-order valence-corrected chi connectivity index (χ1v) is 10.8. The highest BCUT2D eigenvalue weighted by atomic mass is 16.2. The van der Waals surface area contributed by atoms with Crippen molar-refractivity contribution in [3.63, 3.8) is 0 Å². The Kier molecular flexibility index (Phi) is 5.66. The fraction of sp³-hybridized carbons (Fsp3) is 0.417. The molecule has 1 aromatic carbocycles. The van der Waals surface area contributed by atoms with E-state index in [0.29, 0.717) is 23.5 Å². The van der Waals surface area contributed by atoms with Gasteiger partial charge in [0.2, 0.25) is 5.91 Å². The Morgan fingerprint density at radius 3 is 2.60 bits per heavy atom. The van der Waals surface area contributed by atoms with E-state index in [-0.39, 0.29) is 18.0 Å². The summed E-state index contributed by atoms with van der Waals surface area (Å²) < 4.78 is 1.40. The number of likely N-dealkylation sites (N-methyl/N-ethyl adjacent to an activating group) is 1. The summed E-state index contributed by atoms with van der Waals surface area (Å²) in [5.74, 6) is 0.301. The van der Waals surface area contributed by atoms with Crippen LogP contribution in [0.5, 0.6) is 0 Å². The van der Waals surface area contributed by atoms with Crippen molar-refractivity contribution in [2.24, 2.45) is 0 Å². The number of aromatic nitrogens is 3. The van der Waals surface area contributed by atoms with Gasteiger partial charge in [0, 0.05) is 17.9 Å². The monoisotopic (exact) mass is 404 g/mol. The molecule has 0 saturated carbocycles. The van der Waals surface area contributed by atoms with E-state index in [1.54, 1.807) is 4.90 Å². The second-order valence-corrected chi connectivity index (χ2v) is 8.23. The van der Waals surface area contributed by atoms with Crippen molar-refractivity contribution < 1.29 is 4.79 Å². The first kappa shape index (κ1) is 20.3. The van der Waals surface area contributed by atoms with Gasteiger partial charge in [-0.15, -0.1) is 0 Å². The Morgan fingerprint density at radius 1 is 1.17 bits per heavy atom. The summed E-state index contributed by atoms with van der Waals surface area (Å²) >= 11 is 0. The lowest BCUT2D eigenvalue weighted by molar-refractivity contribution is -0.119. The minimum absolute atomic E-state index is 0.0430. The topological polar surface area (TPSA) is 68.1 Å². The number of aryl methyl sites for hydroxylation is 2. The van der Waals surface area contributed by atoms with Gasteiger partial charge < -0.3 is 4.90 Å². The summed E-state index contributed by atoms with van der Waals surface area (Å²) in [4.78, 5) is 36.7. The first-order chi connectivity index (χ1) is 14.5. The summed E-state index contributed by atoms with van der Waals surface area (Å²) in [6, 6.07) is 9.96. The molecule has 3 aromatic rings. The lowest BCUT2D eigenvalue weighted by Crippen LogP contribution is -2.36. The van der Waals surface area contributed by atoms with Crippen LogP contribution in [0.4, 0.5) is 5.69 Å². The molecule has 0 aliphatic heterocycles. The molecule has 0 unspecified atom stereocenters. The molecule has 0 radical (unpaired) electrons. The molecule has 6 heteroatoms. The fourth-order valence-electron chi connectivity index (χ4n) is 4.10. The fourth-order valence-corrected chi connectivity index (χ4v) is 4.10. The molecule has 6 nitrogen and oxygen atoms in total. The van der Waals surface area contributed by atoms with E-state index in [4.69, 9.17) is 0 Å². The number of carbonyl (C=O) groups excluding carboxylic acids is 1. The van der Waals surface area contributed by atoms with Crippen LogP contribution in [0, 0.1) is 0 Å². The van der Waals surface area contributed by atoms with Gasteiger partial charge in [-0.1, -0.05) is 26.0 Å². The van der Waals surface area contributed by atoms with Crippen molar-refractivity contribution in [3.05, 3.63) is 63.8 Å². The van der Waals surface area contributed by atoms with Crippen molar-refractivity contribution in [2.75, 3.05) is 11.4 Å². The van der Waals surface area contributed by atoms with Crippen LogP contribution < -0.4 is 10.5 Å². The van der Waals surface area contributed by atoms with E-state index >= 15 is 0 Å². The first-order valence-electron chi connectivity index (χ1n) is 10.8. The van der Waals surface area contributed by atoms with Crippen LogP contribution in [-0.2, 0) is 24.2 Å². The third-order valence-corrected chi connectivity index (χ3v) is 5.89. The number of rotatable bonds is 5. The largest absolute Gasteiger partial charge is 0.311 e. The molecule has 1 aliphatic rings. The van der Waals surface area contributed by atoms with Crippen LogP contribution in [0.1, 0.15) is 56.4 Å². The van der Waals surface area contributed by atoms with Crippen molar-refractivity contribution in [3.8, 4) is 0 Å². The van der Waals surface area contributed by atoms with E-state index in [9.17, 15) is 9.59 Å². The number of nitrogens with zero attached hydrogens (tertiary/aromatic N) is 4. The third kappa shape index (κ3) is 3.86. The number of fused-ring (bicyclic) bond motifs is 2. The average Bonchev–Trinajstić information content (AvgIpc) is 2.75. The summed E-state index contributed by atoms with van der Waals surface area (Å²) in [6.45, 7) is 6.71. The van der Waals surface area contributed by atoms with Gasteiger partial charge in [0.1, 0.15) is 12.9 Å². The van der Waals surface area contributed by atoms with Crippen LogP contribution in [0.25, 0.3) is 11.0 Å². The molecule has 0 spiro atoms. The Bertz CT molecular complexity index is 1130. The van der Waals surface area contributed by atoms with Gasteiger partial charge in [0.15, 0.2) is 5.65 Å². The molecule has 0 saturated heterocycles. The second kappa shape index (κ2) is 8.38. The standard InChI is InChI=1S/C24H28N4O2/c1-4-28(19-11-9-17(10-12-19)16(2)3)22(29)14-27-15-25-23-20(24(27)30)13-18-7-5-6-8-21(18)26-23/h9-13,15-16H,4-8,14H2,1-3H3. The Morgan fingerprint density at radius 2 is 1.90 bits per heavy atom. The Labute approximate surface area is 176 Å². The highest BCUT2D eigenvalue weighted by Crippen LogP contribution is 2.22. The Balaban J connectivity index is 1.61. The quantitative estimate of drug-likeness (QED) is 0.648. The second-order valence-electron chi connectivity index (χ2n) is 8.23. The van der Waals surface area contributed by atoms with Crippen LogP contribution in [0.15, 0.2) is 41.5 Å². The number of benzene rings is 1. The summed E-state index contributed by atoms with van der Waals surface area (Å²) in [7, 11) is 0. The van der Waals surface area contributed by atoms with Crippen molar-refractivity contribution in [1.82, 2.24) is 14.5 Å². The number of hydrogen-bond donors (Lipinski definition) is 0. The molecule has 0 fully saturated rings. The predicted molar refractivity (Wildman–Crippen MR) is 119 cm³/mol. The molecular weight excluding hydrogens is 376 g/mol. The maximum atomic E-state index is 13.0. The summed E-state index contributed by atoms with van der Waals surface area (Å²) in [5, 5.41) is 0.496. The van der Waals surface area contributed by atoms with Gasteiger partial charge in [-0.2, -0.15) is 0 Å². The molecular formula is C24H28N4O2. The molecule has 2 heterocycles. The highest BCUT2D eigenvalue weighted by Gasteiger charge is 2.18. The van der Waals surface area contributed by atoms with Gasteiger partial charge >= 0.3 is 0 Å². The molecule has 1 aliphatic carbocycles. The molecule has 156 valence electrons. The number of pyridine rings is 1. The van der Waals surface area contributed by atoms with E-state index < -0.39 is 0 Å². The van der Waals surface area contributed by atoms with Crippen LogP contribution in [0.3, 0.4) is 0 Å². The zero-order valence-electron chi connectivity index (χ0n) is 17.9. The van der Waals surface area contributed by atoms with E-state index in [0.717, 1.165) is 42.6 Å². The van der Waals surface area contributed by atoms with Crippen LogP contribution >= 0.6 is 0 Å². The normalized spacial score (nSPS) is 13.5. The van der Waals surface area contributed by atoms with E-state index in [2.05, 4.69) is 35.9 Å². The van der Waals surface area contributed by atoms with Crippen molar-refractivity contribution in [1.29, 1.82) is 0 Å².